The van der Waals surface area contributed by atoms with Gasteiger partial charge >= 0.3 is 0 Å². The number of hydrogen-bond donors (Lipinski definition) is 3. The number of aryl methyl sites for hydroxylation is 1. The molecular weight excluding hydrogens is 449 g/mol. The van der Waals surface area contributed by atoms with Crippen molar-refractivity contribution < 1.29 is 27.9 Å². The Morgan fingerprint density at radius 2 is 1.91 bits per heavy atom. The van der Waals surface area contributed by atoms with E-state index >= 15 is 4.39 Å². The lowest BCUT2D eigenvalue weighted by molar-refractivity contribution is -0.131. The van der Waals surface area contributed by atoms with Gasteiger partial charge in [0.1, 0.15) is 5.82 Å². The number of amides is 1. The molecule has 1 unspecified atom stereocenters. The fraction of sp³-hybridized carbons (Fsp3) is 0.304. The highest BCUT2D eigenvalue weighted by Gasteiger charge is 2.43. The second-order valence-corrected chi connectivity index (χ2v) is 10.3. The van der Waals surface area contributed by atoms with Gasteiger partial charge < -0.3 is 5.11 Å². The summed E-state index contributed by atoms with van der Waals surface area (Å²) in [5.41, 5.74) is 3.69. The SMILES string of the molecule is CC(CCn1ncc2c(F)c(C#Cc3ccc(CCO)cc3)ccc21)(C(=O)NO)S(C)(=O)=O. The second-order valence-electron chi connectivity index (χ2n) is 7.84. The summed E-state index contributed by atoms with van der Waals surface area (Å²) in [5.74, 6) is 4.12. The van der Waals surface area contributed by atoms with Gasteiger partial charge in [0, 0.05) is 25.0 Å². The first-order chi connectivity index (χ1) is 15.6. The number of carbonyl (C=O) groups excluding carboxylic acids is 1. The maximum atomic E-state index is 15.0. The molecule has 3 N–H and O–H groups in total. The number of rotatable bonds is 7. The molecule has 0 saturated carbocycles. The van der Waals surface area contributed by atoms with Crippen LogP contribution in [0.3, 0.4) is 0 Å². The van der Waals surface area contributed by atoms with Gasteiger partial charge in [-0.3, -0.25) is 14.7 Å². The van der Waals surface area contributed by atoms with Gasteiger partial charge in [-0.1, -0.05) is 24.0 Å². The van der Waals surface area contributed by atoms with Gasteiger partial charge in [-0.05, 0) is 49.6 Å². The van der Waals surface area contributed by atoms with E-state index in [9.17, 15) is 13.2 Å². The molecule has 1 atom stereocenters. The van der Waals surface area contributed by atoms with Crippen molar-refractivity contribution in [1.29, 1.82) is 0 Å². The van der Waals surface area contributed by atoms with E-state index < -0.39 is 26.3 Å². The fourth-order valence-electron chi connectivity index (χ4n) is 3.32. The van der Waals surface area contributed by atoms with Gasteiger partial charge in [-0.15, -0.1) is 0 Å². The topological polar surface area (TPSA) is 122 Å². The summed E-state index contributed by atoms with van der Waals surface area (Å²) in [6.45, 7) is 1.28. The van der Waals surface area contributed by atoms with E-state index in [4.69, 9.17) is 10.3 Å². The molecule has 1 heterocycles. The number of benzene rings is 2. The standard InChI is InChI=1S/C23H24FN3O5S/c1-23(22(29)26-30,33(2,31)32)12-13-27-20-10-9-18(21(24)19(20)15-25-27)8-7-16-3-5-17(6-4-16)11-14-28/h3-6,9-10,15,28,30H,11-14H2,1-2H3,(H,26,29). The maximum absolute atomic E-state index is 15.0. The monoisotopic (exact) mass is 473 g/mol. The Hall–Kier alpha value is -3.26. The summed E-state index contributed by atoms with van der Waals surface area (Å²) >= 11 is 0. The van der Waals surface area contributed by atoms with Crippen LogP contribution in [0.25, 0.3) is 10.9 Å². The van der Waals surface area contributed by atoms with Crippen molar-refractivity contribution in [2.75, 3.05) is 12.9 Å². The Morgan fingerprint density at radius 3 is 2.52 bits per heavy atom. The predicted molar refractivity (Wildman–Crippen MR) is 121 cm³/mol. The number of hydrogen-bond acceptors (Lipinski definition) is 6. The van der Waals surface area contributed by atoms with Crippen molar-refractivity contribution >= 4 is 26.6 Å². The average molecular weight is 474 g/mol. The predicted octanol–water partition coefficient (Wildman–Crippen LogP) is 1.81. The number of carbonyl (C=O) groups is 1. The largest absolute Gasteiger partial charge is 0.396 e. The van der Waals surface area contributed by atoms with Crippen molar-refractivity contribution in [1.82, 2.24) is 15.3 Å². The molecule has 1 aromatic heterocycles. The summed E-state index contributed by atoms with van der Waals surface area (Å²) in [7, 11) is -3.85. The first-order valence-corrected chi connectivity index (χ1v) is 12.0. The summed E-state index contributed by atoms with van der Waals surface area (Å²) in [4.78, 5) is 12.0. The van der Waals surface area contributed by atoms with Crippen LogP contribution < -0.4 is 5.48 Å². The van der Waals surface area contributed by atoms with Crippen LogP contribution in [-0.2, 0) is 27.6 Å². The zero-order valence-corrected chi connectivity index (χ0v) is 19.0. The number of aromatic nitrogens is 2. The van der Waals surface area contributed by atoms with Crippen LogP contribution in [-0.4, -0.2) is 52.0 Å². The van der Waals surface area contributed by atoms with Crippen LogP contribution >= 0.6 is 0 Å². The minimum absolute atomic E-state index is 0.00510. The number of nitrogens with zero attached hydrogens (tertiary/aromatic N) is 2. The third-order valence-corrected chi connectivity index (χ3v) is 7.68. The molecule has 10 heteroatoms. The zero-order valence-electron chi connectivity index (χ0n) is 18.2. The smallest absolute Gasteiger partial charge is 0.264 e. The van der Waals surface area contributed by atoms with E-state index in [1.807, 2.05) is 12.1 Å². The Kier molecular flexibility index (Phi) is 7.17. The van der Waals surface area contributed by atoms with Crippen LogP contribution in [0.1, 0.15) is 30.0 Å². The van der Waals surface area contributed by atoms with Crippen molar-refractivity contribution in [2.24, 2.45) is 0 Å². The van der Waals surface area contributed by atoms with Crippen LogP contribution in [0.2, 0.25) is 0 Å². The molecule has 2 aromatic carbocycles. The lowest BCUT2D eigenvalue weighted by atomic mass is 10.1. The van der Waals surface area contributed by atoms with Crippen molar-refractivity contribution in [3.63, 3.8) is 0 Å². The molecule has 0 radical (unpaired) electrons. The lowest BCUT2D eigenvalue weighted by Crippen LogP contribution is -2.49. The molecule has 0 bridgehead atoms. The van der Waals surface area contributed by atoms with Crippen LogP contribution in [0.5, 0.6) is 0 Å². The molecule has 0 fully saturated rings. The molecule has 0 aliphatic heterocycles. The Labute approximate surface area is 190 Å². The fourth-order valence-corrected chi connectivity index (χ4v) is 4.17. The minimum atomic E-state index is -3.85. The molecule has 1 amide bonds. The third kappa shape index (κ3) is 5.06. The van der Waals surface area contributed by atoms with Crippen LogP contribution in [0.15, 0.2) is 42.6 Å². The summed E-state index contributed by atoms with van der Waals surface area (Å²) in [5, 5.41) is 22.3. The molecular formula is C23H24FN3O5S. The molecule has 33 heavy (non-hydrogen) atoms. The minimum Gasteiger partial charge on any atom is -0.396 e. The van der Waals surface area contributed by atoms with E-state index in [1.54, 1.807) is 18.2 Å². The summed E-state index contributed by atoms with van der Waals surface area (Å²) in [6.07, 6.45) is 2.61. The van der Waals surface area contributed by atoms with Crippen molar-refractivity contribution in [2.45, 2.75) is 31.1 Å². The maximum Gasteiger partial charge on any atom is 0.264 e. The van der Waals surface area contributed by atoms with Gasteiger partial charge in [0.25, 0.3) is 5.91 Å². The van der Waals surface area contributed by atoms with Gasteiger partial charge in [0.15, 0.2) is 14.6 Å². The van der Waals surface area contributed by atoms with Crippen LogP contribution in [0, 0.1) is 17.7 Å². The molecule has 0 aliphatic rings. The number of aliphatic hydroxyl groups is 1. The highest BCUT2D eigenvalue weighted by Crippen LogP contribution is 2.25. The number of halogens is 1. The molecule has 3 aromatic rings. The number of sulfone groups is 1. The Morgan fingerprint density at radius 1 is 1.21 bits per heavy atom. The highest BCUT2D eigenvalue weighted by atomic mass is 32.2. The molecule has 3 rings (SSSR count). The average Bonchev–Trinajstić information content (AvgIpc) is 3.20. The normalized spacial score (nSPS) is 13.2. The van der Waals surface area contributed by atoms with Crippen molar-refractivity contribution in [3.05, 3.63) is 65.1 Å². The van der Waals surface area contributed by atoms with E-state index in [-0.39, 0.29) is 30.5 Å². The van der Waals surface area contributed by atoms with Gasteiger partial charge in [0.2, 0.25) is 0 Å². The van der Waals surface area contributed by atoms with Gasteiger partial charge in [-0.2, -0.15) is 5.10 Å². The van der Waals surface area contributed by atoms with E-state index in [0.29, 0.717) is 17.5 Å². The number of hydroxylamine groups is 1. The lowest BCUT2D eigenvalue weighted by Gasteiger charge is -2.25. The molecule has 174 valence electrons. The Bertz CT molecular complexity index is 1340. The second kappa shape index (κ2) is 9.70. The van der Waals surface area contributed by atoms with Gasteiger partial charge in [0.05, 0.1) is 22.7 Å². The molecule has 8 nitrogen and oxygen atoms in total. The van der Waals surface area contributed by atoms with E-state index in [0.717, 1.165) is 11.8 Å². The highest BCUT2D eigenvalue weighted by molar-refractivity contribution is 7.92. The number of fused-ring (bicyclic) bond motifs is 1. The number of nitrogens with one attached hydrogen (secondary N) is 1. The molecule has 0 saturated heterocycles. The van der Waals surface area contributed by atoms with E-state index in [1.165, 1.54) is 29.3 Å². The summed E-state index contributed by atoms with van der Waals surface area (Å²) < 4.78 is 38.8. The first kappa shape index (κ1) is 24.4. The quantitative estimate of drug-likeness (QED) is 0.273. The Balaban J connectivity index is 1.85. The van der Waals surface area contributed by atoms with E-state index in [2.05, 4.69) is 16.9 Å². The first-order valence-electron chi connectivity index (χ1n) is 10.1. The molecule has 0 aliphatic carbocycles. The van der Waals surface area contributed by atoms with Crippen LogP contribution in [0.4, 0.5) is 4.39 Å². The zero-order chi connectivity index (χ0) is 24.2. The van der Waals surface area contributed by atoms with Crippen molar-refractivity contribution in [3.8, 4) is 11.8 Å². The molecule has 0 spiro atoms. The summed E-state index contributed by atoms with van der Waals surface area (Å²) in [6, 6.07) is 10.4. The third-order valence-electron chi connectivity index (χ3n) is 5.66. The van der Waals surface area contributed by atoms with Gasteiger partial charge in [-0.25, -0.2) is 18.3 Å². The number of aliphatic hydroxyl groups excluding tert-OH is 1.